The summed E-state index contributed by atoms with van der Waals surface area (Å²) in [5, 5.41) is 0. The van der Waals surface area contributed by atoms with E-state index in [2.05, 4.69) is 4.90 Å². The van der Waals surface area contributed by atoms with Gasteiger partial charge >= 0.3 is 0 Å². The van der Waals surface area contributed by atoms with Crippen LogP contribution in [0.15, 0.2) is 24.3 Å². The highest BCUT2D eigenvalue weighted by Gasteiger charge is 2.17. The van der Waals surface area contributed by atoms with E-state index in [1.807, 2.05) is 18.2 Å². The van der Waals surface area contributed by atoms with Gasteiger partial charge in [0.05, 0.1) is 7.11 Å². The number of Topliss-reactive ketones (excluding diaryl/α,β-unsaturated/α-hetero) is 2. The van der Waals surface area contributed by atoms with Crippen molar-refractivity contribution in [1.82, 2.24) is 4.90 Å². The van der Waals surface area contributed by atoms with Gasteiger partial charge in [-0.15, -0.1) is 0 Å². The fraction of sp³-hybridized carbons (Fsp3) is 0.467. The van der Waals surface area contributed by atoms with Crippen LogP contribution in [-0.4, -0.2) is 43.2 Å². The number of carbonyl (C=O) groups excluding carboxylic acids is 2. The lowest BCUT2D eigenvalue weighted by Crippen LogP contribution is -2.35. The Labute approximate surface area is 113 Å². The molecule has 0 spiro atoms. The van der Waals surface area contributed by atoms with Gasteiger partial charge in [0.2, 0.25) is 0 Å². The van der Waals surface area contributed by atoms with Crippen LogP contribution < -0.4 is 4.74 Å². The molecular formula is C15H19NO3. The van der Waals surface area contributed by atoms with Crippen LogP contribution in [0.2, 0.25) is 0 Å². The number of piperidine rings is 1. The average molecular weight is 261 g/mol. The number of likely N-dealkylation sites (tertiary alicyclic amines) is 1. The minimum Gasteiger partial charge on any atom is -0.497 e. The molecule has 0 unspecified atom stereocenters. The van der Waals surface area contributed by atoms with E-state index in [1.165, 1.54) is 0 Å². The minimum absolute atomic E-state index is 0.121. The molecule has 1 aromatic carbocycles. The van der Waals surface area contributed by atoms with Crippen LogP contribution in [0.25, 0.3) is 0 Å². The van der Waals surface area contributed by atoms with E-state index in [-0.39, 0.29) is 5.78 Å². The van der Waals surface area contributed by atoms with Crippen molar-refractivity contribution in [3.05, 3.63) is 29.8 Å². The highest BCUT2D eigenvalue weighted by atomic mass is 16.5. The van der Waals surface area contributed by atoms with Crippen LogP contribution in [-0.2, 0) is 4.79 Å². The Balaban J connectivity index is 1.85. The van der Waals surface area contributed by atoms with Crippen LogP contribution in [0, 0.1) is 0 Å². The van der Waals surface area contributed by atoms with E-state index in [9.17, 15) is 9.59 Å². The van der Waals surface area contributed by atoms with Crippen LogP contribution in [0.3, 0.4) is 0 Å². The molecule has 0 atom stereocenters. The molecule has 0 amide bonds. The zero-order valence-electron chi connectivity index (χ0n) is 11.2. The molecule has 0 bridgehead atoms. The second kappa shape index (κ2) is 6.48. The maximum Gasteiger partial charge on any atom is 0.164 e. The Bertz CT molecular complexity index is 460. The first kappa shape index (κ1) is 13.7. The summed E-state index contributed by atoms with van der Waals surface area (Å²) in [6.07, 6.45) is 1.72. The number of rotatable bonds is 5. The Morgan fingerprint density at radius 2 is 2.05 bits per heavy atom. The second-order valence-electron chi connectivity index (χ2n) is 4.79. The van der Waals surface area contributed by atoms with Crippen molar-refractivity contribution < 1.29 is 14.3 Å². The normalized spacial score (nSPS) is 16.4. The number of ether oxygens (including phenoxy) is 1. The van der Waals surface area contributed by atoms with E-state index in [1.54, 1.807) is 13.2 Å². The lowest BCUT2D eigenvalue weighted by Gasteiger charge is -2.25. The summed E-state index contributed by atoms with van der Waals surface area (Å²) in [7, 11) is 1.59. The van der Waals surface area contributed by atoms with Gasteiger partial charge in [0, 0.05) is 44.5 Å². The van der Waals surface area contributed by atoms with Gasteiger partial charge in [-0.2, -0.15) is 0 Å². The zero-order chi connectivity index (χ0) is 13.7. The monoisotopic (exact) mass is 261 g/mol. The summed E-state index contributed by atoms with van der Waals surface area (Å²) in [6.45, 7) is 2.29. The Morgan fingerprint density at radius 3 is 2.74 bits per heavy atom. The number of nitrogens with zero attached hydrogens (tertiary/aromatic N) is 1. The van der Waals surface area contributed by atoms with Gasteiger partial charge in [-0.3, -0.25) is 9.59 Å². The van der Waals surface area contributed by atoms with Crippen molar-refractivity contribution in [3.8, 4) is 5.75 Å². The Morgan fingerprint density at radius 1 is 1.32 bits per heavy atom. The van der Waals surface area contributed by atoms with E-state index < -0.39 is 0 Å². The molecule has 0 N–H and O–H groups in total. The third kappa shape index (κ3) is 3.89. The quantitative estimate of drug-likeness (QED) is 0.760. The molecular weight excluding hydrogens is 242 g/mol. The van der Waals surface area contributed by atoms with E-state index in [0.717, 1.165) is 19.6 Å². The molecule has 1 aliphatic heterocycles. The molecule has 1 fully saturated rings. The lowest BCUT2D eigenvalue weighted by atomic mass is 10.1. The maximum absolute atomic E-state index is 12.1. The lowest BCUT2D eigenvalue weighted by molar-refractivity contribution is -0.121. The number of methoxy groups -OCH3 is 1. The number of benzene rings is 1. The van der Waals surface area contributed by atoms with Crippen LogP contribution in [0.4, 0.5) is 0 Å². The number of ketones is 2. The van der Waals surface area contributed by atoms with Crippen molar-refractivity contribution in [1.29, 1.82) is 0 Å². The summed E-state index contributed by atoms with van der Waals surface area (Å²) in [5.41, 5.74) is 0.687. The third-order valence-electron chi connectivity index (χ3n) is 3.46. The van der Waals surface area contributed by atoms with E-state index in [4.69, 9.17) is 4.74 Å². The first-order valence-corrected chi connectivity index (χ1v) is 6.60. The molecule has 4 nitrogen and oxygen atoms in total. The number of carbonyl (C=O) groups is 2. The molecule has 1 saturated heterocycles. The molecule has 0 saturated carbocycles. The Hall–Kier alpha value is -1.68. The average Bonchev–Trinajstić information content (AvgIpc) is 2.46. The molecule has 1 heterocycles. The highest BCUT2D eigenvalue weighted by Crippen LogP contribution is 2.15. The summed E-state index contributed by atoms with van der Waals surface area (Å²) >= 11 is 0. The van der Waals surface area contributed by atoms with Crippen LogP contribution >= 0.6 is 0 Å². The first-order valence-electron chi connectivity index (χ1n) is 6.60. The number of hydrogen-bond acceptors (Lipinski definition) is 4. The maximum atomic E-state index is 12.1. The highest BCUT2D eigenvalue weighted by molar-refractivity contribution is 5.96. The largest absolute Gasteiger partial charge is 0.497 e. The van der Waals surface area contributed by atoms with Crippen molar-refractivity contribution in [3.63, 3.8) is 0 Å². The van der Waals surface area contributed by atoms with Crippen molar-refractivity contribution >= 4 is 11.6 Å². The van der Waals surface area contributed by atoms with Gasteiger partial charge in [-0.1, -0.05) is 12.1 Å². The molecule has 0 aromatic heterocycles. The molecule has 2 rings (SSSR count). The van der Waals surface area contributed by atoms with Gasteiger partial charge in [0.15, 0.2) is 5.78 Å². The molecule has 0 radical (unpaired) electrons. The predicted molar refractivity (Wildman–Crippen MR) is 72.6 cm³/mol. The van der Waals surface area contributed by atoms with Gasteiger partial charge < -0.3 is 9.64 Å². The fourth-order valence-corrected chi connectivity index (χ4v) is 2.23. The van der Waals surface area contributed by atoms with Crippen molar-refractivity contribution in [2.45, 2.75) is 19.3 Å². The van der Waals surface area contributed by atoms with Gasteiger partial charge in [0.1, 0.15) is 11.5 Å². The molecule has 0 aliphatic carbocycles. The van der Waals surface area contributed by atoms with Gasteiger partial charge in [-0.05, 0) is 12.1 Å². The summed E-state index contributed by atoms with van der Waals surface area (Å²) in [5.74, 6) is 1.15. The van der Waals surface area contributed by atoms with Crippen molar-refractivity contribution in [2.75, 3.05) is 26.7 Å². The molecule has 102 valence electrons. The standard InChI is InChI=1S/C15H19NO3/c1-19-14-4-2-3-12(11-14)15(18)7-10-16-8-5-13(17)6-9-16/h2-4,11H,5-10H2,1H3. The molecule has 1 aliphatic rings. The summed E-state index contributed by atoms with van der Waals surface area (Å²) in [4.78, 5) is 25.4. The van der Waals surface area contributed by atoms with Crippen LogP contribution in [0.5, 0.6) is 5.75 Å². The summed E-state index contributed by atoms with van der Waals surface area (Å²) < 4.78 is 5.11. The summed E-state index contributed by atoms with van der Waals surface area (Å²) in [6, 6.07) is 7.23. The SMILES string of the molecule is COc1cccc(C(=O)CCN2CCC(=O)CC2)c1. The fourth-order valence-electron chi connectivity index (χ4n) is 2.23. The second-order valence-corrected chi connectivity index (χ2v) is 4.79. The smallest absolute Gasteiger partial charge is 0.164 e. The third-order valence-corrected chi connectivity index (χ3v) is 3.46. The molecule has 1 aromatic rings. The minimum atomic E-state index is 0.121. The topological polar surface area (TPSA) is 46.6 Å². The van der Waals surface area contributed by atoms with E-state index >= 15 is 0 Å². The van der Waals surface area contributed by atoms with Gasteiger partial charge in [-0.25, -0.2) is 0 Å². The number of hydrogen-bond donors (Lipinski definition) is 0. The molecule has 4 heteroatoms. The van der Waals surface area contributed by atoms with Gasteiger partial charge in [0.25, 0.3) is 0 Å². The molecule has 19 heavy (non-hydrogen) atoms. The predicted octanol–water partition coefficient (Wildman–Crippen LogP) is 1.93. The first-order chi connectivity index (χ1) is 9.19. The van der Waals surface area contributed by atoms with E-state index in [0.29, 0.717) is 36.4 Å². The van der Waals surface area contributed by atoms with Crippen molar-refractivity contribution in [2.24, 2.45) is 0 Å². The van der Waals surface area contributed by atoms with Crippen LogP contribution in [0.1, 0.15) is 29.6 Å². The Kier molecular flexibility index (Phi) is 4.68. The zero-order valence-corrected chi connectivity index (χ0v) is 11.2.